The van der Waals surface area contributed by atoms with E-state index in [0.717, 1.165) is 29.7 Å². The van der Waals surface area contributed by atoms with Crippen molar-refractivity contribution in [3.05, 3.63) is 101 Å². The van der Waals surface area contributed by atoms with Crippen molar-refractivity contribution in [1.82, 2.24) is 5.43 Å². The highest BCUT2D eigenvalue weighted by atomic mass is 16.4. The Morgan fingerprint density at radius 1 is 0.931 bits per heavy atom. The highest BCUT2D eigenvalue weighted by molar-refractivity contribution is 5.69. The number of hydrazine groups is 1. The lowest BCUT2D eigenvalue weighted by Gasteiger charge is -2.17. The Morgan fingerprint density at radius 2 is 1.59 bits per heavy atom. The standard InChI is InChI=1S/C24H25N3O2/c25-27-17-26-22-11-5-7-19(15-22)13-12-18-6-4-10-21(14-18)23(16-24(28)29)20-8-2-1-3-9-20/h1-11,14-15,17,23H,12-13,16,25H2,(H,26,27)(H,28,29). The molecule has 0 fully saturated rings. The highest BCUT2D eigenvalue weighted by Crippen LogP contribution is 2.29. The zero-order valence-electron chi connectivity index (χ0n) is 16.2. The van der Waals surface area contributed by atoms with Crippen LogP contribution in [0.2, 0.25) is 0 Å². The minimum absolute atomic E-state index is 0.0721. The van der Waals surface area contributed by atoms with Gasteiger partial charge in [0, 0.05) is 5.92 Å². The molecule has 3 aromatic rings. The van der Waals surface area contributed by atoms with E-state index in [1.165, 1.54) is 17.5 Å². The van der Waals surface area contributed by atoms with E-state index in [-0.39, 0.29) is 12.3 Å². The van der Waals surface area contributed by atoms with Crippen molar-refractivity contribution in [3.8, 4) is 0 Å². The van der Waals surface area contributed by atoms with Gasteiger partial charge in [0.25, 0.3) is 0 Å². The van der Waals surface area contributed by atoms with E-state index in [2.05, 4.69) is 28.6 Å². The topological polar surface area (TPSA) is 87.7 Å². The molecule has 0 amide bonds. The number of nitrogens with two attached hydrogens (primary N) is 1. The van der Waals surface area contributed by atoms with Gasteiger partial charge in [0.2, 0.25) is 0 Å². The molecule has 5 heteroatoms. The van der Waals surface area contributed by atoms with E-state index in [1.54, 1.807) is 0 Å². The van der Waals surface area contributed by atoms with Gasteiger partial charge in [-0.15, -0.1) is 0 Å². The van der Waals surface area contributed by atoms with Crippen molar-refractivity contribution >= 4 is 18.0 Å². The number of carbonyl (C=O) groups is 1. The maximum Gasteiger partial charge on any atom is 0.304 e. The summed E-state index contributed by atoms with van der Waals surface area (Å²) in [7, 11) is 0. The first-order valence-corrected chi connectivity index (χ1v) is 9.59. The highest BCUT2D eigenvalue weighted by Gasteiger charge is 2.18. The fourth-order valence-electron chi connectivity index (χ4n) is 3.45. The van der Waals surface area contributed by atoms with E-state index >= 15 is 0 Å². The molecule has 0 aliphatic carbocycles. The Morgan fingerprint density at radius 3 is 2.28 bits per heavy atom. The normalized spacial score (nSPS) is 12.0. The summed E-state index contributed by atoms with van der Waals surface area (Å²) in [6.07, 6.45) is 3.26. The number of carboxylic acid groups (broad SMARTS) is 1. The number of aliphatic imine (C=N–C) groups is 1. The van der Waals surface area contributed by atoms with Crippen LogP contribution >= 0.6 is 0 Å². The average Bonchev–Trinajstić information content (AvgIpc) is 2.75. The molecule has 0 spiro atoms. The Labute approximate surface area is 170 Å². The van der Waals surface area contributed by atoms with Crippen LogP contribution in [0.15, 0.2) is 83.9 Å². The molecule has 0 bridgehead atoms. The van der Waals surface area contributed by atoms with Gasteiger partial charge in [0.1, 0.15) is 6.34 Å². The van der Waals surface area contributed by atoms with Gasteiger partial charge in [-0.05, 0) is 47.2 Å². The van der Waals surface area contributed by atoms with Crippen LogP contribution in [-0.4, -0.2) is 17.4 Å². The molecule has 3 rings (SSSR count). The first-order chi connectivity index (χ1) is 14.2. The molecule has 148 valence electrons. The molecule has 1 atom stereocenters. The number of nitrogens with one attached hydrogen (secondary N) is 1. The SMILES string of the molecule is NNC=Nc1cccc(CCc2cccc(C(CC(=O)O)c3ccccc3)c2)c1. The first-order valence-electron chi connectivity index (χ1n) is 9.59. The smallest absolute Gasteiger partial charge is 0.304 e. The van der Waals surface area contributed by atoms with Crippen LogP contribution in [0.1, 0.15) is 34.6 Å². The molecule has 0 aromatic heterocycles. The summed E-state index contributed by atoms with van der Waals surface area (Å²) in [4.78, 5) is 15.7. The van der Waals surface area contributed by atoms with Gasteiger partial charge in [-0.2, -0.15) is 0 Å². The van der Waals surface area contributed by atoms with E-state index in [0.29, 0.717) is 0 Å². The quantitative estimate of drug-likeness (QED) is 0.222. The van der Waals surface area contributed by atoms with Crippen molar-refractivity contribution in [2.75, 3.05) is 0 Å². The van der Waals surface area contributed by atoms with Gasteiger partial charge < -0.3 is 10.5 Å². The second-order valence-electron chi connectivity index (χ2n) is 6.90. The summed E-state index contributed by atoms with van der Waals surface area (Å²) >= 11 is 0. The second-order valence-corrected chi connectivity index (χ2v) is 6.90. The largest absolute Gasteiger partial charge is 0.481 e. The summed E-state index contributed by atoms with van der Waals surface area (Å²) in [6, 6.07) is 26.1. The molecule has 1 unspecified atom stereocenters. The summed E-state index contributed by atoms with van der Waals surface area (Å²) in [6.45, 7) is 0. The fourth-order valence-corrected chi connectivity index (χ4v) is 3.45. The predicted octanol–water partition coefficient (Wildman–Crippen LogP) is 4.20. The van der Waals surface area contributed by atoms with E-state index in [1.807, 2.05) is 60.7 Å². The third-order valence-electron chi connectivity index (χ3n) is 4.84. The first kappa shape index (κ1) is 20.3. The van der Waals surface area contributed by atoms with Crippen molar-refractivity contribution in [1.29, 1.82) is 0 Å². The number of rotatable bonds is 9. The summed E-state index contributed by atoms with van der Waals surface area (Å²) in [5, 5.41) is 9.39. The van der Waals surface area contributed by atoms with Gasteiger partial charge in [-0.3, -0.25) is 4.79 Å². The Balaban J connectivity index is 1.76. The van der Waals surface area contributed by atoms with E-state index < -0.39 is 5.97 Å². The lowest BCUT2D eigenvalue weighted by molar-refractivity contribution is -0.137. The molecule has 0 heterocycles. The molecular formula is C24H25N3O2. The number of aryl methyl sites for hydroxylation is 2. The van der Waals surface area contributed by atoms with Crippen LogP contribution in [-0.2, 0) is 17.6 Å². The molecule has 3 aromatic carbocycles. The third-order valence-corrected chi connectivity index (χ3v) is 4.84. The van der Waals surface area contributed by atoms with Crippen LogP contribution < -0.4 is 11.3 Å². The van der Waals surface area contributed by atoms with E-state index in [9.17, 15) is 9.90 Å². The monoisotopic (exact) mass is 387 g/mol. The zero-order chi connectivity index (χ0) is 20.5. The van der Waals surface area contributed by atoms with Gasteiger partial charge in [0.05, 0.1) is 12.1 Å². The lowest BCUT2D eigenvalue weighted by Crippen LogP contribution is -2.18. The predicted molar refractivity (Wildman–Crippen MR) is 116 cm³/mol. The van der Waals surface area contributed by atoms with Crippen LogP contribution in [0.25, 0.3) is 0 Å². The molecule has 0 saturated carbocycles. The summed E-state index contributed by atoms with van der Waals surface area (Å²) < 4.78 is 0. The van der Waals surface area contributed by atoms with Crippen molar-refractivity contribution in [3.63, 3.8) is 0 Å². The summed E-state index contributed by atoms with van der Waals surface area (Å²) in [5.74, 6) is 4.27. The Bertz CT molecular complexity index is 971. The Kier molecular flexibility index (Phi) is 7.14. The fraction of sp³-hybridized carbons (Fsp3) is 0.167. The number of hydrogen-bond donors (Lipinski definition) is 3. The number of aliphatic carboxylic acids is 1. The van der Waals surface area contributed by atoms with Gasteiger partial charge in [0.15, 0.2) is 0 Å². The number of benzene rings is 3. The maximum atomic E-state index is 11.4. The van der Waals surface area contributed by atoms with Crippen molar-refractivity contribution in [2.24, 2.45) is 10.8 Å². The second kappa shape index (κ2) is 10.2. The molecule has 29 heavy (non-hydrogen) atoms. The number of nitrogens with zero attached hydrogens (tertiary/aromatic N) is 1. The van der Waals surface area contributed by atoms with Crippen LogP contribution in [0.5, 0.6) is 0 Å². The van der Waals surface area contributed by atoms with Gasteiger partial charge in [-0.1, -0.05) is 66.7 Å². The van der Waals surface area contributed by atoms with Gasteiger partial charge in [-0.25, -0.2) is 10.8 Å². The zero-order valence-corrected chi connectivity index (χ0v) is 16.2. The number of carboxylic acids is 1. The lowest BCUT2D eigenvalue weighted by atomic mass is 9.87. The van der Waals surface area contributed by atoms with Crippen LogP contribution in [0.4, 0.5) is 5.69 Å². The average molecular weight is 387 g/mol. The number of hydrogen-bond acceptors (Lipinski definition) is 3. The minimum Gasteiger partial charge on any atom is -0.481 e. The molecule has 0 saturated heterocycles. The third kappa shape index (κ3) is 6.02. The summed E-state index contributed by atoms with van der Waals surface area (Å²) in [5.41, 5.74) is 7.67. The molecule has 0 aliphatic rings. The van der Waals surface area contributed by atoms with Crippen molar-refractivity contribution in [2.45, 2.75) is 25.2 Å². The molecule has 0 aliphatic heterocycles. The Hall–Kier alpha value is -3.44. The van der Waals surface area contributed by atoms with Gasteiger partial charge >= 0.3 is 5.97 Å². The van der Waals surface area contributed by atoms with Crippen LogP contribution in [0, 0.1) is 0 Å². The molecular weight excluding hydrogens is 362 g/mol. The molecule has 4 N–H and O–H groups in total. The van der Waals surface area contributed by atoms with Crippen molar-refractivity contribution < 1.29 is 9.90 Å². The van der Waals surface area contributed by atoms with E-state index in [4.69, 9.17) is 5.84 Å². The molecule has 0 radical (unpaired) electrons. The maximum absolute atomic E-state index is 11.4. The molecule has 5 nitrogen and oxygen atoms in total. The minimum atomic E-state index is -0.798. The van der Waals surface area contributed by atoms with Crippen LogP contribution in [0.3, 0.4) is 0 Å².